The number of hydrogen-bond acceptors (Lipinski definition) is 6. The first-order valence-corrected chi connectivity index (χ1v) is 13.6. The lowest BCUT2D eigenvalue weighted by molar-refractivity contribution is -0.127. The third-order valence-corrected chi connectivity index (χ3v) is 7.97. The van der Waals surface area contributed by atoms with Crippen molar-refractivity contribution in [3.63, 3.8) is 0 Å². The third-order valence-electron chi connectivity index (χ3n) is 7.23. The molecule has 0 aliphatic carbocycles. The Bertz CT molecular complexity index is 1060. The lowest BCUT2D eigenvalue weighted by Crippen LogP contribution is -2.48. The molecule has 0 bridgehead atoms. The molecule has 2 aliphatic heterocycles. The average Bonchev–Trinajstić information content (AvgIpc) is 3.33. The van der Waals surface area contributed by atoms with Gasteiger partial charge >= 0.3 is 0 Å². The maximum Gasteiger partial charge on any atom is 0.222 e. The van der Waals surface area contributed by atoms with Gasteiger partial charge in [0.1, 0.15) is 18.0 Å². The van der Waals surface area contributed by atoms with Crippen LogP contribution in [0, 0.1) is 0 Å². The van der Waals surface area contributed by atoms with Crippen molar-refractivity contribution in [2.45, 2.75) is 44.2 Å². The number of hydrogen-bond donors (Lipinski definition) is 0. The van der Waals surface area contributed by atoms with E-state index in [9.17, 15) is 4.79 Å². The van der Waals surface area contributed by atoms with Gasteiger partial charge < -0.3 is 23.8 Å². The Balaban J connectivity index is 1.24. The monoisotopic (exact) mass is 550 g/mol. The van der Waals surface area contributed by atoms with Gasteiger partial charge in [-0.05, 0) is 55.5 Å². The van der Waals surface area contributed by atoms with E-state index < -0.39 is 0 Å². The van der Waals surface area contributed by atoms with Gasteiger partial charge in [-0.15, -0.1) is 0 Å². The molecule has 0 N–H and O–H groups in total. The van der Waals surface area contributed by atoms with Gasteiger partial charge in [0.2, 0.25) is 5.91 Å². The fraction of sp³-hybridized carbons (Fsp3) is 0.536. The van der Waals surface area contributed by atoms with E-state index in [1.807, 2.05) is 23.1 Å². The number of likely N-dealkylation sites (tertiary alicyclic amines) is 2. The predicted molar refractivity (Wildman–Crippen MR) is 145 cm³/mol. The molecule has 0 aromatic heterocycles. The second-order valence-electron chi connectivity index (χ2n) is 9.70. The van der Waals surface area contributed by atoms with E-state index in [-0.39, 0.29) is 11.5 Å². The summed E-state index contributed by atoms with van der Waals surface area (Å²) in [6, 6.07) is 11.4. The lowest BCUT2D eigenvalue weighted by atomic mass is 9.91. The molecule has 0 unspecified atom stereocenters. The van der Waals surface area contributed by atoms with Crippen molar-refractivity contribution in [3.05, 3.63) is 52.0 Å². The fourth-order valence-corrected chi connectivity index (χ4v) is 5.16. The van der Waals surface area contributed by atoms with E-state index >= 15 is 0 Å². The number of methoxy groups -OCH3 is 2. The van der Waals surface area contributed by atoms with Gasteiger partial charge in [0.05, 0.1) is 23.8 Å². The zero-order chi connectivity index (χ0) is 26.3. The van der Waals surface area contributed by atoms with Gasteiger partial charge in [0.25, 0.3) is 0 Å². The minimum absolute atomic E-state index is 0.251. The number of nitrogens with zero attached hydrogens (tertiary/aromatic N) is 2. The van der Waals surface area contributed by atoms with Gasteiger partial charge in [-0.2, -0.15) is 0 Å². The van der Waals surface area contributed by atoms with E-state index in [1.54, 1.807) is 26.4 Å². The molecule has 0 saturated carbocycles. The van der Waals surface area contributed by atoms with Crippen LogP contribution >= 0.6 is 23.2 Å². The number of ether oxygens (including phenoxy) is 4. The minimum Gasteiger partial charge on any atom is -0.493 e. The van der Waals surface area contributed by atoms with Crippen molar-refractivity contribution in [1.29, 1.82) is 0 Å². The van der Waals surface area contributed by atoms with Crippen LogP contribution in [0.25, 0.3) is 0 Å². The summed E-state index contributed by atoms with van der Waals surface area (Å²) >= 11 is 12.1. The van der Waals surface area contributed by atoms with E-state index in [0.29, 0.717) is 35.4 Å². The summed E-state index contributed by atoms with van der Waals surface area (Å²) in [7, 11) is 3.41. The quantitative estimate of drug-likeness (QED) is 0.327. The van der Waals surface area contributed by atoms with Crippen molar-refractivity contribution in [3.8, 4) is 17.2 Å². The summed E-state index contributed by atoms with van der Waals surface area (Å²) in [5, 5.41) is 0.987. The van der Waals surface area contributed by atoms with Gasteiger partial charge in [0, 0.05) is 52.3 Å². The van der Waals surface area contributed by atoms with Crippen LogP contribution in [0.4, 0.5) is 0 Å². The molecule has 2 heterocycles. The molecule has 2 saturated heterocycles. The first-order chi connectivity index (χ1) is 17.9. The van der Waals surface area contributed by atoms with Crippen molar-refractivity contribution in [1.82, 2.24) is 9.80 Å². The number of halogens is 2. The number of piperidine rings is 1. The van der Waals surface area contributed by atoms with Gasteiger partial charge in [-0.3, -0.25) is 9.69 Å². The summed E-state index contributed by atoms with van der Waals surface area (Å²) in [5.74, 6) is 2.40. The summed E-state index contributed by atoms with van der Waals surface area (Å²) in [6.07, 6.45) is 4.17. The highest BCUT2D eigenvalue weighted by Crippen LogP contribution is 2.32. The molecule has 7 nitrogen and oxygen atoms in total. The van der Waals surface area contributed by atoms with Crippen LogP contribution in [0.15, 0.2) is 36.4 Å². The molecule has 9 heteroatoms. The van der Waals surface area contributed by atoms with Crippen molar-refractivity contribution >= 4 is 29.1 Å². The first kappa shape index (κ1) is 27.8. The second kappa shape index (κ2) is 13.1. The molecule has 1 amide bonds. The minimum atomic E-state index is -0.336. The smallest absolute Gasteiger partial charge is 0.222 e. The second-order valence-corrected chi connectivity index (χ2v) is 10.5. The highest BCUT2D eigenvalue weighted by Gasteiger charge is 2.35. The Hall–Kier alpha value is -2.19. The number of amides is 1. The fourth-order valence-electron chi connectivity index (χ4n) is 4.87. The number of benzene rings is 2. The zero-order valence-corrected chi connectivity index (χ0v) is 23.2. The van der Waals surface area contributed by atoms with E-state index in [2.05, 4.69) is 11.0 Å². The first-order valence-electron chi connectivity index (χ1n) is 12.8. The van der Waals surface area contributed by atoms with Crippen molar-refractivity contribution < 1.29 is 23.7 Å². The molecule has 2 aliphatic rings. The van der Waals surface area contributed by atoms with E-state index in [4.69, 9.17) is 42.1 Å². The van der Waals surface area contributed by atoms with E-state index in [1.165, 1.54) is 5.56 Å². The van der Waals surface area contributed by atoms with Crippen LogP contribution in [0.5, 0.6) is 17.2 Å². The molecule has 4 rings (SSSR count). The third kappa shape index (κ3) is 7.44. The average molecular weight is 552 g/mol. The molecule has 2 fully saturated rings. The Morgan fingerprint density at radius 3 is 2.43 bits per heavy atom. The molecule has 0 atom stereocenters. The predicted octanol–water partition coefficient (Wildman–Crippen LogP) is 5.45. The van der Waals surface area contributed by atoms with Crippen molar-refractivity contribution in [2.75, 3.05) is 53.6 Å². The topological polar surface area (TPSA) is 60.5 Å². The van der Waals surface area contributed by atoms with Crippen LogP contribution in [-0.2, 0) is 16.1 Å². The van der Waals surface area contributed by atoms with Crippen LogP contribution in [-0.4, -0.2) is 74.9 Å². The Morgan fingerprint density at radius 2 is 1.76 bits per heavy atom. The summed E-state index contributed by atoms with van der Waals surface area (Å²) in [6.45, 7) is 5.23. The van der Waals surface area contributed by atoms with Gasteiger partial charge in [-0.1, -0.05) is 29.3 Å². The molecule has 2 aromatic rings. The maximum absolute atomic E-state index is 11.7. The Kier molecular flexibility index (Phi) is 9.82. The summed E-state index contributed by atoms with van der Waals surface area (Å²) in [4.78, 5) is 16.1. The zero-order valence-electron chi connectivity index (χ0n) is 21.6. The molecular weight excluding hydrogens is 515 g/mol. The summed E-state index contributed by atoms with van der Waals surface area (Å²) < 4.78 is 23.5. The standard InChI is InChI=1S/C28H36Cl2N2O5/c1-34-26-17-21(6-9-25(26)36-16-4-13-32-12-3-5-27(32)33)19-31-14-10-28(35-2,11-15-31)20-37-22-7-8-23(29)24(30)18-22/h6-9,17-18H,3-5,10-16,19-20H2,1-2H3. The molecular formula is C28H36Cl2N2O5. The normalized spacial score (nSPS) is 17.7. The SMILES string of the molecule is COc1cc(CN2CCC(COc3ccc(Cl)c(Cl)c3)(OC)CC2)ccc1OCCCN1CCCC1=O. The highest BCUT2D eigenvalue weighted by atomic mass is 35.5. The van der Waals surface area contributed by atoms with Crippen molar-refractivity contribution in [2.24, 2.45) is 0 Å². The molecule has 202 valence electrons. The molecule has 37 heavy (non-hydrogen) atoms. The lowest BCUT2D eigenvalue weighted by Gasteiger charge is -2.40. The Morgan fingerprint density at radius 1 is 0.946 bits per heavy atom. The number of carbonyl (C=O) groups excluding carboxylic acids is 1. The Labute approximate surface area is 229 Å². The van der Waals surface area contributed by atoms with Crippen LogP contribution in [0.3, 0.4) is 0 Å². The van der Waals surface area contributed by atoms with E-state index in [0.717, 1.165) is 69.9 Å². The number of carbonyl (C=O) groups is 1. The number of rotatable bonds is 12. The molecule has 0 radical (unpaired) electrons. The van der Waals surface area contributed by atoms with Crippen LogP contribution in [0.2, 0.25) is 10.0 Å². The van der Waals surface area contributed by atoms with Gasteiger partial charge in [0.15, 0.2) is 11.5 Å². The van der Waals surface area contributed by atoms with Gasteiger partial charge in [-0.25, -0.2) is 0 Å². The largest absolute Gasteiger partial charge is 0.493 e. The highest BCUT2D eigenvalue weighted by molar-refractivity contribution is 6.42. The molecule has 0 spiro atoms. The van der Waals surface area contributed by atoms with Crippen LogP contribution in [0.1, 0.15) is 37.7 Å². The summed E-state index contributed by atoms with van der Waals surface area (Å²) in [5.41, 5.74) is 0.835. The van der Waals surface area contributed by atoms with Crippen LogP contribution < -0.4 is 14.2 Å². The maximum atomic E-state index is 11.7. The molecule has 2 aromatic carbocycles.